The average Bonchev–Trinajstić information content (AvgIpc) is 2.07. The van der Waals surface area contributed by atoms with Crippen LogP contribution in [0.4, 0.5) is 0 Å². The summed E-state index contributed by atoms with van der Waals surface area (Å²) in [5, 5.41) is 8.21. The Morgan fingerprint density at radius 1 is 1.55 bits per heavy atom. The lowest BCUT2D eigenvalue weighted by atomic mass is 10.3. The number of hydrogen-bond donors (Lipinski definition) is 0. The molecule has 0 saturated heterocycles. The molecule has 0 amide bonds. The Morgan fingerprint density at radius 2 is 2.45 bits per heavy atom. The first-order valence-electron chi connectivity index (χ1n) is 3.23. The van der Waals surface area contributed by atoms with Gasteiger partial charge in [-0.2, -0.15) is 5.26 Å². The molecule has 0 atom stereocenters. The number of allylic oxidation sites excluding steroid dienone is 1. The highest BCUT2D eigenvalue weighted by Crippen LogP contribution is 1.94. The Kier molecular flexibility index (Phi) is 2.82. The molecular weight excluding hydrogens is 138 g/mol. The predicted molar refractivity (Wildman–Crippen MR) is 41.3 cm³/mol. The molecule has 0 aliphatic heterocycles. The number of nitrogens with zero attached hydrogens (tertiary/aromatic N) is 3. The Labute approximate surface area is 65.0 Å². The molecule has 3 nitrogen and oxygen atoms in total. The highest BCUT2D eigenvalue weighted by Gasteiger charge is 1.82. The van der Waals surface area contributed by atoms with Crippen molar-refractivity contribution in [1.82, 2.24) is 9.97 Å². The minimum atomic E-state index is 0.413. The monoisotopic (exact) mass is 145 g/mol. The van der Waals surface area contributed by atoms with Gasteiger partial charge in [0.2, 0.25) is 0 Å². The van der Waals surface area contributed by atoms with Crippen molar-refractivity contribution in [2.24, 2.45) is 0 Å². The number of aromatic nitrogens is 2. The highest BCUT2D eigenvalue weighted by atomic mass is 14.7. The molecule has 0 radical (unpaired) electrons. The zero-order valence-electron chi connectivity index (χ0n) is 5.94. The van der Waals surface area contributed by atoms with Crippen molar-refractivity contribution < 1.29 is 0 Å². The van der Waals surface area contributed by atoms with Gasteiger partial charge >= 0.3 is 0 Å². The summed E-state index contributed by atoms with van der Waals surface area (Å²) in [6.45, 7) is 0. The van der Waals surface area contributed by atoms with Crippen LogP contribution in [0.25, 0.3) is 6.08 Å². The maximum absolute atomic E-state index is 8.21. The standard InChI is InChI=1S/C8H7N3/c9-4-2-1-3-8-7-10-5-6-11-8/h1,3,5-7H,2H2. The van der Waals surface area contributed by atoms with Crippen molar-refractivity contribution in [2.75, 3.05) is 0 Å². The van der Waals surface area contributed by atoms with Gasteiger partial charge < -0.3 is 0 Å². The second-order valence-corrected chi connectivity index (χ2v) is 1.89. The van der Waals surface area contributed by atoms with Crippen molar-refractivity contribution in [1.29, 1.82) is 5.26 Å². The van der Waals surface area contributed by atoms with Crippen LogP contribution in [0, 0.1) is 11.3 Å². The largest absolute Gasteiger partial charge is 0.261 e. The Hall–Kier alpha value is -1.69. The molecule has 0 spiro atoms. The molecule has 1 aromatic rings. The molecule has 1 heterocycles. The maximum atomic E-state index is 8.21. The summed E-state index contributed by atoms with van der Waals surface area (Å²) < 4.78 is 0. The number of hydrogen-bond acceptors (Lipinski definition) is 3. The van der Waals surface area contributed by atoms with Crippen LogP contribution in [0.5, 0.6) is 0 Å². The summed E-state index contributed by atoms with van der Waals surface area (Å²) in [6.07, 6.45) is 8.82. The summed E-state index contributed by atoms with van der Waals surface area (Å²) in [6, 6.07) is 2.00. The van der Waals surface area contributed by atoms with E-state index in [2.05, 4.69) is 9.97 Å². The highest BCUT2D eigenvalue weighted by molar-refractivity contribution is 5.42. The SMILES string of the molecule is N#CCC=Cc1cnccn1. The van der Waals surface area contributed by atoms with E-state index in [9.17, 15) is 0 Å². The molecular formula is C8H7N3. The van der Waals surface area contributed by atoms with Crippen LogP contribution in [-0.4, -0.2) is 9.97 Å². The van der Waals surface area contributed by atoms with Crippen LogP contribution in [0.2, 0.25) is 0 Å². The lowest BCUT2D eigenvalue weighted by Gasteiger charge is -1.86. The minimum Gasteiger partial charge on any atom is -0.261 e. The molecule has 0 fully saturated rings. The van der Waals surface area contributed by atoms with Crippen molar-refractivity contribution in [3.63, 3.8) is 0 Å². The first-order chi connectivity index (χ1) is 5.43. The van der Waals surface area contributed by atoms with E-state index < -0.39 is 0 Å². The fourth-order valence-corrected chi connectivity index (χ4v) is 0.629. The van der Waals surface area contributed by atoms with Crippen molar-refractivity contribution in [3.05, 3.63) is 30.4 Å². The fourth-order valence-electron chi connectivity index (χ4n) is 0.629. The van der Waals surface area contributed by atoms with Crippen LogP contribution in [0.15, 0.2) is 24.7 Å². The summed E-state index contributed by atoms with van der Waals surface area (Å²) in [5.74, 6) is 0. The van der Waals surface area contributed by atoms with E-state index >= 15 is 0 Å². The van der Waals surface area contributed by atoms with Gasteiger partial charge in [-0.15, -0.1) is 0 Å². The van der Waals surface area contributed by atoms with Gasteiger partial charge in [0.1, 0.15) is 0 Å². The normalized spacial score (nSPS) is 9.73. The van der Waals surface area contributed by atoms with Crippen LogP contribution in [0.3, 0.4) is 0 Å². The lowest BCUT2D eigenvalue weighted by molar-refractivity contribution is 1.18. The van der Waals surface area contributed by atoms with E-state index in [-0.39, 0.29) is 0 Å². The van der Waals surface area contributed by atoms with Gasteiger partial charge in [0.25, 0.3) is 0 Å². The van der Waals surface area contributed by atoms with E-state index in [0.717, 1.165) is 5.69 Å². The maximum Gasteiger partial charge on any atom is 0.0810 e. The third kappa shape index (κ3) is 2.59. The summed E-state index contributed by atoms with van der Waals surface area (Å²) in [5.41, 5.74) is 0.780. The predicted octanol–water partition coefficient (Wildman–Crippen LogP) is 1.40. The summed E-state index contributed by atoms with van der Waals surface area (Å²) in [4.78, 5) is 7.86. The molecule has 0 bridgehead atoms. The Morgan fingerprint density at radius 3 is 3.09 bits per heavy atom. The second kappa shape index (κ2) is 4.18. The molecule has 0 saturated carbocycles. The molecule has 11 heavy (non-hydrogen) atoms. The molecule has 0 aromatic carbocycles. The molecule has 3 heteroatoms. The van der Waals surface area contributed by atoms with Crippen molar-refractivity contribution >= 4 is 6.08 Å². The van der Waals surface area contributed by atoms with Gasteiger partial charge in [0.15, 0.2) is 0 Å². The van der Waals surface area contributed by atoms with Crippen LogP contribution >= 0.6 is 0 Å². The Balaban J connectivity index is 2.59. The number of nitriles is 1. The van der Waals surface area contributed by atoms with Crippen LogP contribution in [0.1, 0.15) is 12.1 Å². The molecule has 0 N–H and O–H groups in total. The first kappa shape index (κ1) is 7.42. The summed E-state index contributed by atoms with van der Waals surface area (Å²) >= 11 is 0. The molecule has 0 unspecified atom stereocenters. The Bertz CT molecular complexity index is 271. The molecule has 54 valence electrons. The molecule has 1 rings (SSSR count). The molecule has 0 aliphatic rings. The van der Waals surface area contributed by atoms with Crippen molar-refractivity contribution in [2.45, 2.75) is 6.42 Å². The van der Waals surface area contributed by atoms with E-state index in [1.54, 1.807) is 30.7 Å². The zero-order valence-corrected chi connectivity index (χ0v) is 5.94. The van der Waals surface area contributed by atoms with E-state index in [4.69, 9.17) is 5.26 Å². The van der Waals surface area contributed by atoms with Gasteiger partial charge in [0, 0.05) is 12.4 Å². The van der Waals surface area contributed by atoms with Crippen LogP contribution in [-0.2, 0) is 0 Å². The molecule has 0 aliphatic carbocycles. The van der Waals surface area contributed by atoms with Gasteiger partial charge in [-0.05, 0) is 6.08 Å². The van der Waals surface area contributed by atoms with Gasteiger partial charge in [-0.1, -0.05) is 6.08 Å². The topological polar surface area (TPSA) is 49.6 Å². The third-order valence-corrected chi connectivity index (χ3v) is 1.08. The van der Waals surface area contributed by atoms with Crippen molar-refractivity contribution in [3.8, 4) is 6.07 Å². The van der Waals surface area contributed by atoms with Gasteiger partial charge in [0.05, 0.1) is 24.4 Å². The van der Waals surface area contributed by atoms with E-state index in [0.29, 0.717) is 6.42 Å². The van der Waals surface area contributed by atoms with Gasteiger partial charge in [-0.25, -0.2) is 0 Å². The second-order valence-electron chi connectivity index (χ2n) is 1.89. The zero-order chi connectivity index (χ0) is 7.94. The first-order valence-corrected chi connectivity index (χ1v) is 3.23. The third-order valence-electron chi connectivity index (χ3n) is 1.08. The quantitative estimate of drug-likeness (QED) is 0.632. The van der Waals surface area contributed by atoms with E-state index in [1.165, 1.54) is 0 Å². The fraction of sp³-hybridized carbons (Fsp3) is 0.125. The van der Waals surface area contributed by atoms with E-state index in [1.807, 2.05) is 6.07 Å². The number of rotatable bonds is 2. The lowest BCUT2D eigenvalue weighted by Crippen LogP contribution is -1.79. The molecule has 1 aromatic heterocycles. The summed E-state index contributed by atoms with van der Waals surface area (Å²) in [7, 11) is 0. The van der Waals surface area contributed by atoms with Gasteiger partial charge in [-0.3, -0.25) is 9.97 Å². The average molecular weight is 145 g/mol. The van der Waals surface area contributed by atoms with Crippen LogP contribution < -0.4 is 0 Å². The smallest absolute Gasteiger partial charge is 0.0810 e. The minimum absolute atomic E-state index is 0.413.